The van der Waals surface area contributed by atoms with Crippen molar-refractivity contribution < 1.29 is 4.39 Å². The maximum atomic E-state index is 14.3. The predicted octanol–water partition coefficient (Wildman–Crippen LogP) is 2.90. The highest BCUT2D eigenvalue weighted by atomic mass is 79.9. The second-order valence-electron chi connectivity index (χ2n) is 4.39. The van der Waals surface area contributed by atoms with Gasteiger partial charge >= 0.3 is 0 Å². The van der Waals surface area contributed by atoms with Gasteiger partial charge in [0.05, 0.1) is 10.2 Å². The minimum Gasteiger partial charge on any atom is -0.384 e. The van der Waals surface area contributed by atoms with Gasteiger partial charge in [0.2, 0.25) is 0 Å². The fourth-order valence-electron chi connectivity index (χ4n) is 1.89. The lowest BCUT2D eigenvalue weighted by Crippen LogP contribution is -2.19. The van der Waals surface area contributed by atoms with Crippen LogP contribution in [-0.4, -0.2) is 17.9 Å². The summed E-state index contributed by atoms with van der Waals surface area (Å²) in [5, 5.41) is 7.39. The molecule has 0 spiro atoms. The molecule has 6 heteroatoms. The van der Waals surface area contributed by atoms with Gasteiger partial charge in [0, 0.05) is 31.5 Å². The summed E-state index contributed by atoms with van der Waals surface area (Å²) in [6.45, 7) is 0.561. The van der Waals surface area contributed by atoms with Gasteiger partial charge in [-0.15, -0.1) is 0 Å². The molecule has 2 rings (SSSR count). The SMILES string of the molecule is CN(Cc1ccncc1)c1ccc(C(=N)N)c(Br)c1F. The van der Waals surface area contributed by atoms with Crippen LogP contribution >= 0.6 is 15.9 Å². The first-order valence-electron chi connectivity index (χ1n) is 5.93. The Morgan fingerprint density at radius 1 is 1.35 bits per heavy atom. The van der Waals surface area contributed by atoms with Gasteiger partial charge in [-0.2, -0.15) is 0 Å². The molecule has 0 unspecified atom stereocenters. The van der Waals surface area contributed by atoms with Crippen LogP contribution in [0.5, 0.6) is 0 Å². The summed E-state index contributed by atoms with van der Waals surface area (Å²) in [5.41, 5.74) is 7.23. The van der Waals surface area contributed by atoms with Gasteiger partial charge in [-0.05, 0) is 45.8 Å². The zero-order chi connectivity index (χ0) is 14.7. The molecule has 0 aliphatic rings. The number of amidine groups is 1. The third kappa shape index (κ3) is 2.96. The Bertz CT molecular complexity index is 631. The molecule has 0 bridgehead atoms. The van der Waals surface area contributed by atoms with Crippen LogP contribution in [0, 0.1) is 11.2 Å². The zero-order valence-corrected chi connectivity index (χ0v) is 12.5. The second-order valence-corrected chi connectivity index (χ2v) is 5.18. The Morgan fingerprint density at radius 2 is 2.00 bits per heavy atom. The standard InChI is InChI=1S/C14H14BrFN4/c1-20(8-9-4-6-19-7-5-9)11-3-2-10(14(17)18)12(15)13(11)16/h2-7H,8H2,1H3,(H3,17,18). The molecule has 0 saturated carbocycles. The molecule has 1 aromatic carbocycles. The molecule has 2 aromatic rings. The van der Waals surface area contributed by atoms with E-state index in [1.165, 1.54) is 0 Å². The van der Waals surface area contributed by atoms with E-state index in [-0.39, 0.29) is 10.3 Å². The monoisotopic (exact) mass is 336 g/mol. The van der Waals surface area contributed by atoms with Crippen LogP contribution < -0.4 is 10.6 Å². The summed E-state index contributed by atoms with van der Waals surface area (Å²) < 4.78 is 14.5. The van der Waals surface area contributed by atoms with Crippen LogP contribution in [0.15, 0.2) is 41.1 Å². The number of rotatable bonds is 4. The molecule has 1 heterocycles. The Morgan fingerprint density at radius 3 is 2.60 bits per heavy atom. The molecule has 3 N–H and O–H groups in total. The lowest BCUT2D eigenvalue weighted by molar-refractivity contribution is 0.615. The van der Waals surface area contributed by atoms with Gasteiger partial charge < -0.3 is 10.6 Å². The van der Waals surface area contributed by atoms with Crippen molar-refractivity contribution >= 4 is 27.5 Å². The lowest BCUT2D eigenvalue weighted by atomic mass is 10.1. The first-order chi connectivity index (χ1) is 9.50. The third-order valence-electron chi connectivity index (χ3n) is 2.93. The average molecular weight is 337 g/mol. The van der Waals surface area contributed by atoms with Crippen LogP contribution in [0.1, 0.15) is 11.1 Å². The predicted molar refractivity (Wildman–Crippen MR) is 81.5 cm³/mol. The number of nitrogens with two attached hydrogens (primary N) is 1. The van der Waals surface area contributed by atoms with Crippen LogP contribution in [0.4, 0.5) is 10.1 Å². The van der Waals surface area contributed by atoms with E-state index in [1.54, 1.807) is 36.5 Å². The van der Waals surface area contributed by atoms with Gasteiger partial charge in [0.15, 0.2) is 5.82 Å². The molecular weight excluding hydrogens is 323 g/mol. The van der Waals surface area contributed by atoms with Gasteiger partial charge in [0.1, 0.15) is 5.84 Å². The van der Waals surface area contributed by atoms with Crippen molar-refractivity contribution in [3.05, 3.63) is 58.1 Å². The van der Waals surface area contributed by atoms with Gasteiger partial charge in [0.25, 0.3) is 0 Å². The molecule has 0 atom stereocenters. The highest BCUT2D eigenvalue weighted by Crippen LogP contribution is 2.29. The topological polar surface area (TPSA) is 66.0 Å². The largest absolute Gasteiger partial charge is 0.384 e. The minimum atomic E-state index is -0.422. The molecule has 0 aliphatic carbocycles. The van der Waals surface area contributed by atoms with Crippen LogP contribution in [0.2, 0.25) is 0 Å². The fraction of sp³-hybridized carbons (Fsp3) is 0.143. The first-order valence-corrected chi connectivity index (χ1v) is 6.72. The summed E-state index contributed by atoms with van der Waals surface area (Å²) in [6.07, 6.45) is 3.41. The van der Waals surface area contributed by atoms with E-state index in [0.717, 1.165) is 5.56 Å². The van der Waals surface area contributed by atoms with E-state index in [0.29, 0.717) is 17.8 Å². The number of nitrogens with zero attached hydrogens (tertiary/aromatic N) is 2. The number of nitrogen functional groups attached to an aromatic ring is 1. The number of hydrogen-bond acceptors (Lipinski definition) is 3. The molecule has 0 radical (unpaired) electrons. The molecular formula is C14H14BrFN4. The molecule has 104 valence electrons. The van der Waals surface area contributed by atoms with Gasteiger partial charge in [-0.3, -0.25) is 10.4 Å². The highest BCUT2D eigenvalue weighted by molar-refractivity contribution is 9.10. The van der Waals surface area contributed by atoms with Crippen molar-refractivity contribution in [1.29, 1.82) is 5.41 Å². The van der Waals surface area contributed by atoms with Crippen molar-refractivity contribution in [2.24, 2.45) is 5.73 Å². The molecule has 0 amide bonds. The van der Waals surface area contributed by atoms with Crippen molar-refractivity contribution in [3.63, 3.8) is 0 Å². The summed E-state index contributed by atoms with van der Waals surface area (Å²) in [5.74, 6) is -0.589. The number of pyridine rings is 1. The molecule has 0 aliphatic heterocycles. The van der Waals surface area contributed by atoms with Crippen LogP contribution in [0.25, 0.3) is 0 Å². The number of anilines is 1. The second kappa shape index (κ2) is 6.00. The van der Waals surface area contributed by atoms with E-state index in [1.807, 2.05) is 12.1 Å². The third-order valence-corrected chi connectivity index (χ3v) is 3.71. The molecule has 0 fully saturated rings. The number of nitrogens with one attached hydrogen (secondary N) is 1. The zero-order valence-electron chi connectivity index (χ0n) is 10.9. The summed E-state index contributed by atoms with van der Waals surface area (Å²) >= 11 is 3.15. The number of halogens is 2. The van der Waals surface area contributed by atoms with Crippen molar-refractivity contribution in [1.82, 2.24) is 4.98 Å². The van der Waals surface area contributed by atoms with Crippen molar-refractivity contribution in [2.75, 3.05) is 11.9 Å². The molecule has 20 heavy (non-hydrogen) atoms. The number of benzene rings is 1. The summed E-state index contributed by atoms with van der Waals surface area (Å²) in [7, 11) is 1.80. The van der Waals surface area contributed by atoms with Crippen LogP contribution in [-0.2, 0) is 6.54 Å². The highest BCUT2D eigenvalue weighted by Gasteiger charge is 2.15. The van der Waals surface area contributed by atoms with E-state index < -0.39 is 5.82 Å². The maximum absolute atomic E-state index is 14.3. The fourth-order valence-corrected chi connectivity index (χ4v) is 2.44. The summed E-state index contributed by atoms with van der Waals surface area (Å²) in [6, 6.07) is 7.02. The number of hydrogen-bond donors (Lipinski definition) is 2. The van der Waals surface area contributed by atoms with Crippen molar-refractivity contribution in [3.8, 4) is 0 Å². The molecule has 0 saturated heterocycles. The normalized spacial score (nSPS) is 10.3. The number of aromatic nitrogens is 1. The van der Waals surface area contributed by atoms with Gasteiger partial charge in [-0.1, -0.05) is 0 Å². The molecule has 1 aromatic heterocycles. The van der Waals surface area contributed by atoms with Crippen molar-refractivity contribution in [2.45, 2.75) is 6.54 Å². The minimum absolute atomic E-state index is 0.167. The maximum Gasteiger partial charge on any atom is 0.161 e. The first kappa shape index (κ1) is 14.5. The lowest BCUT2D eigenvalue weighted by Gasteiger charge is -2.21. The van der Waals surface area contributed by atoms with E-state index in [2.05, 4.69) is 20.9 Å². The smallest absolute Gasteiger partial charge is 0.161 e. The quantitative estimate of drug-likeness (QED) is 0.666. The molecule has 4 nitrogen and oxygen atoms in total. The Labute approximate surface area is 125 Å². The average Bonchev–Trinajstić information content (AvgIpc) is 2.42. The van der Waals surface area contributed by atoms with E-state index >= 15 is 0 Å². The van der Waals surface area contributed by atoms with Gasteiger partial charge in [-0.25, -0.2) is 4.39 Å². The summed E-state index contributed by atoms with van der Waals surface area (Å²) in [4.78, 5) is 5.74. The Hall–Kier alpha value is -1.95. The Balaban J connectivity index is 2.29. The Kier molecular flexibility index (Phi) is 4.34. The van der Waals surface area contributed by atoms with E-state index in [4.69, 9.17) is 11.1 Å². The van der Waals surface area contributed by atoms with E-state index in [9.17, 15) is 4.39 Å². The van der Waals surface area contributed by atoms with Crippen LogP contribution in [0.3, 0.4) is 0 Å².